The van der Waals surface area contributed by atoms with Gasteiger partial charge in [0.25, 0.3) is 5.91 Å². The van der Waals surface area contributed by atoms with E-state index in [0.29, 0.717) is 0 Å². The van der Waals surface area contributed by atoms with Crippen LogP contribution in [0.5, 0.6) is 0 Å². The van der Waals surface area contributed by atoms with Crippen molar-refractivity contribution in [3.63, 3.8) is 0 Å². The molecule has 2 aromatic rings. The Bertz CT molecular complexity index is 433. The lowest BCUT2D eigenvalue weighted by molar-refractivity contribution is 0.0996. The van der Waals surface area contributed by atoms with E-state index in [1.165, 1.54) is 0 Å². The maximum absolute atomic E-state index is 10.7. The first kappa shape index (κ1) is 6.84. The van der Waals surface area contributed by atoms with Crippen LogP contribution in [0.1, 0.15) is 10.5 Å². The zero-order chi connectivity index (χ0) is 8.55. The highest BCUT2D eigenvalue weighted by atomic mass is 16.1. The van der Waals surface area contributed by atoms with Gasteiger partial charge < -0.3 is 10.7 Å². The SMILES string of the molecule is NC(=O)c1cc2[nH]ccc2cn1. The summed E-state index contributed by atoms with van der Waals surface area (Å²) in [5.41, 5.74) is 6.21. The molecule has 1 amide bonds. The number of nitrogens with two attached hydrogens (primary N) is 1. The summed E-state index contributed by atoms with van der Waals surface area (Å²) < 4.78 is 0. The van der Waals surface area contributed by atoms with E-state index in [4.69, 9.17) is 5.73 Å². The molecule has 60 valence electrons. The van der Waals surface area contributed by atoms with Crippen LogP contribution < -0.4 is 5.73 Å². The average molecular weight is 161 g/mol. The quantitative estimate of drug-likeness (QED) is 0.644. The zero-order valence-corrected chi connectivity index (χ0v) is 6.24. The van der Waals surface area contributed by atoms with Gasteiger partial charge in [-0.1, -0.05) is 0 Å². The van der Waals surface area contributed by atoms with Gasteiger partial charge >= 0.3 is 0 Å². The Kier molecular flexibility index (Phi) is 1.33. The standard InChI is InChI=1S/C8H7N3O/c9-8(12)7-3-6-5(4-11-7)1-2-10-6/h1-4,10H,(H2,9,12). The van der Waals surface area contributed by atoms with E-state index in [2.05, 4.69) is 9.97 Å². The minimum atomic E-state index is -0.508. The molecule has 0 atom stereocenters. The zero-order valence-electron chi connectivity index (χ0n) is 6.24. The summed E-state index contributed by atoms with van der Waals surface area (Å²) in [6, 6.07) is 3.52. The third kappa shape index (κ3) is 0.934. The molecule has 12 heavy (non-hydrogen) atoms. The second-order valence-electron chi connectivity index (χ2n) is 2.50. The van der Waals surface area contributed by atoms with Crippen LogP contribution in [0.15, 0.2) is 24.5 Å². The fourth-order valence-corrected chi connectivity index (χ4v) is 1.08. The minimum absolute atomic E-state index is 0.282. The number of fused-ring (bicyclic) bond motifs is 1. The number of carbonyl (C=O) groups excluding carboxylic acids is 1. The van der Waals surface area contributed by atoms with Crippen molar-refractivity contribution in [1.82, 2.24) is 9.97 Å². The number of pyridine rings is 1. The maximum atomic E-state index is 10.7. The Hall–Kier alpha value is -1.84. The van der Waals surface area contributed by atoms with Gasteiger partial charge in [-0.3, -0.25) is 9.78 Å². The number of hydrogen-bond donors (Lipinski definition) is 2. The lowest BCUT2D eigenvalue weighted by Gasteiger charge is -1.93. The third-order valence-electron chi connectivity index (χ3n) is 1.69. The van der Waals surface area contributed by atoms with E-state index in [0.717, 1.165) is 10.9 Å². The third-order valence-corrected chi connectivity index (χ3v) is 1.69. The van der Waals surface area contributed by atoms with Crippen LogP contribution in [0.2, 0.25) is 0 Å². The fraction of sp³-hybridized carbons (Fsp3) is 0. The normalized spacial score (nSPS) is 10.3. The van der Waals surface area contributed by atoms with E-state index in [1.807, 2.05) is 6.07 Å². The molecule has 0 fully saturated rings. The highest BCUT2D eigenvalue weighted by Crippen LogP contribution is 2.10. The number of nitrogens with zero attached hydrogens (tertiary/aromatic N) is 1. The van der Waals surface area contributed by atoms with E-state index in [9.17, 15) is 4.79 Å². The van der Waals surface area contributed by atoms with Gasteiger partial charge in [0.2, 0.25) is 0 Å². The van der Waals surface area contributed by atoms with Crippen molar-refractivity contribution >= 4 is 16.8 Å². The van der Waals surface area contributed by atoms with Crippen LogP contribution in [-0.4, -0.2) is 15.9 Å². The molecular formula is C8H7N3O. The molecular weight excluding hydrogens is 154 g/mol. The number of amides is 1. The van der Waals surface area contributed by atoms with E-state index >= 15 is 0 Å². The Morgan fingerprint density at radius 3 is 3.17 bits per heavy atom. The summed E-state index contributed by atoms with van der Waals surface area (Å²) in [6.45, 7) is 0. The lowest BCUT2D eigenvalue weighted by Crippen LogP contribution is -2.12. The molecule has 0 aliphatic heterocycles. The molecule has 4 heteroatoms. The van der Waals surface area contributed by atoms with Gasteiger partial charge in [0, 0.05) is 23.3 Å². The van der Waals surface area contributed by atoms with Crippen molar-refractivity contribution in [3.05, 3.63) is 30.2 Å². The van der Waals surface area contributed by atoms with Crippen LogP contribution in [0.25, 0.3) is 10.9 Å². The van der Waals surface area contributed by atoms with Crippen molar-refractivity contribution in [2.75, 3.05) is 0 Å². The van der Waals surface area contributed by atoms with Crippen LogP contribution >= 0.6 is 0 Å². The molecule has 2 rings (SSSR count). The molecule has 2 aromatic heterocycles. The van der Waals surface area contributed by atoms with E-state index in [-0.39, 0.29) is 5.69 Å². The number of primary amides is 1. The molecule has 0 saturated carbocycles. The smallest absolute Gasteiger partial charge is 0.267 e. The second kappa shape index (κ2) is 2.34. The molecule has 0 aliphatic carbocycles. The van der Waals surface area contributed by atoms with Gasteiger partial charge in [0.1, 0.15) is 5.69 Å². The Balaban J connectivity index is 2.68. The van der Waals surface area contributed by atoms with Crippen LogP contribution in [-0.2, 0) is 0 Å². The molecule has 0 bridgehead atoms. The monoisotopic (exact) mass is 161 g/mol. The van der Waals surface area contributed by atoms with Gasteiger partial charge in [-0.05, 0) is 12.1 Å². The number of aromatic amines is 1. The van der Waals surface area contributed by atoms with Crippen LogP contribution in [0.4, 0.5) is 0 Å². The summed E-state index contributed by atoms with van der Waals surface area (Å²) in [5.74, 6) is -0.508. The average Bonchev–Trinajstić information content (AvgIpc) is 2.49. The fourth-order valence-electron chi connectivity index (χ4n) is 1.08. The Morgan fingerprint density at radius 2 is 2.42 bits per heavy atom. The molecule has 0 aliphatic rings. The topological polar surface area (TPSA) is 71.8 Å². The first-order valence-electron chi connectivity index (χ1n) is 3.50. The summed E-state index contributed by atoms with van der Waals surface area (Å²) in [5, 5.41) is 0.972. The predicted molar refractivity (Wildman–Crippen MR) is 44.6 cm³/mol. The predicted octanol–water partition coefficient (Wildman–Crippen LogP) is 0.662. The number of rotatable bonds is 1. The number of carbonyl (C=O) groups is 1. The number of nitrogens with one attached hydrogen (secondary N) is 1. The second-order valence-corrected chi connectivity index (χ2v) is 2.50. The first-order chi connectivity index (χ1) is 5.77. The molecule has 4 nitrogen and oxygen atoms in total. The summed E-state index contributed by atoms with van der Waals surface area (Å²) >= 11 is 0. The van der Waals surface area contributed by atoms with E-state index < -0.39 is 5.91 Å². The summed E-state index contributed by atoms with van der Waals surface area (Å²) in [6.07, 6.45) is 3.41. The maximum Gasteiger partial charge on any atom is 0.267 e. The van der Waals surface area contributed by atoms with Crippen molar-refractivity contribution in [2.24, 2.45) is 5.73 Å². The Morgan fingerprint density at radius 1 is 1.58 bits per heavy atom. The first-order valence-corrected chi connectivity index (χ1v) is 3.50. The van der Waals surface area contributed by atoms with Gasteiger partial charge in [-0.25, -0.2) is 0 Å². The number of aromatic nitrogens is 2. The summed E-state index contributed by atoms with van der Waals surface area (Å²) in [7, 11) is 0. The highest BCUT2D eigenvalue weighted by Gasteiger charge is 2.02. The number of H-pyrrole nitrogens is 1. The molecule has 0 saturated heterocycles. The lowest BCUT2D eigenvalue weighted by atomic mass is 10.3. The van der Waals surface area contributed by atoms with Gasteiger partial charge in [-0.15, -0.1) is 0 Å². The van der Waals surface area contributed by atoms with Crippen molar-refractivity contribution in [1.29, 1.82) is 0 Å². The molecule has 0 spiro atoms. The summed E-state index contributed by atoms with van der Waals surface area (Å²) in [4.78, 5) is 17.6. The van der Waals surface area contributed by atoms with Crippen molar-refractivity contribution in [2.45, 2.75) is 0 Å². The van der Waals surface area contributed by atoms with Gasteiger partial charge in [-0.2, -0.15) is 0 Å². The van der Waals surface area contributed by atoms with Crippen molar-refractivity contribution < 1.29 is 4.79 Å². The highest BCUT2D eigenvalue weighted by molar-refractivity contribution is 5.94. The van der Waals surface area contributed by atoms with Gasteiger partial charge in [0.05, 0.1) is 0 Å². The van der Waals surface area contributed by atoms with Crippen molar-refractivity contribution in [3.8, 4) is 0 Å². The minimum Gasteiger partial charge on any atom is -0.364 e. The van der Waals surface area contributed by atoms with E-state index in [1.54, 1.807) is 18.5 Å². The molecule has 2 heterocycles. The molecule has 0 aromatic carbocycles. The molecule has 0 unspecified atom stereocenters. The van der Waals surface area contributed by atoms with Gasteiger partial charge in [0.15, 0.2) is 0 Å². The molecule has 0 radical (unpaired) electrons. The number of hydrogen-bond acceptors (Lipinski definition) is 2. The largest absolute Gasteiger partial charge is 0.364 e. The van der Waals surface area contributed by atoms with Crippen LogP contribution in [0.3, 0.4) is 0 Å². The Labute approximate surface area is 68.4 Å². The molecule has 3 N–H and O–H groups in total. The van der Waals surface area contributed by atoms with Crippen LogP contribution in [0, 0.1) is 0 Å².